The predicted molar refractivity (Wildman–Crippen MR) is 72.4 cm³/mol. The molecule has 0 aromatic heterocycles. The number of phenols is 1. The van der Waals surface area contributed by atoms with Crippen LogP contribution in [0.15, 0.2) is 18.2 Å². The van der Waals surface area contributed by atoms with E-state index in [2.05, 4.69) is 0 Å². The van der Waals surface area contributed by atoms with E-state index >= 15 is 0 Å². The van der Waals surface area contributed by atoms with E-state index in [1.165, 1.54) is 6.07 Å². The van der Waals surface area contributed by atoms with Gasteiger partial charge in [0.1, 0.15) is 5.75 Å². The van der Waals surface area contributed by atoms with Gasteiger partial charge in [-0.15, -0.1) is 11.6 Å². The first-order valence-corrected chi connectivity index (χ1v) is 6.67. The minimum Gasteiger partial charge on any atom is -0.507 e. The van der Waals surface area contributed by atoms with Gasteiger partial charge in [-0.2, -0.15) is 0 Å². The average Bonchev–Trinajstić information content (AvgIpc) is 2.26. The summed E-state index contributed by atoms with van der Waals surface area (Å²) in [4.78, 5) is 13.7. The number of nitrogens with zero attached hydrogens (tertiary/aromatic N) is 1. The summed E-state index contributed by atoms with van der Waals surface area (Å²) in [5.74, 6) is 0.196. The van der Waals surface area contributed by atoms with Crippen LogP contribution in [0.2, 0.25) is 5.02 Å². The topological polar surface area (TPSA) is 40.5 Å². The second kappa shape index (κ2) is 5.37. The molecule has 0 heterocycles. The summed E-state index contributed by atoms with van der Waals surface area (Å²) in [5, 5.41) is 10.4. The number of benzene rings is 1. The Bertz CT molecular complexity index is 458. The van der Waals surface area contributed by atoms with Gasteiger partial charge in [0.05, 0.1) is 5.56 Å². The summed E-state index contributed by atoms with van der Waals surface area (Å²) in [6, 6.07) is 4.52. The molecule has 0 unspecified atom stereocenters. The Balaban J connectivity index is 2.01. The zero-order chi connectivity index (χ0) is 13.3. The lowest BCUT2D eigenvalue weighted by Crippen LogP contribution is -2.37. The molecule has 1 amide bonds. The number of carbonyl (C=O) groups is 1. The summed E-state index contributed by atoms with van der Waals surface area (Å²) in [6.45, 7) is 0.671. The Morgan fingerprint density at radius 3 is 2.72 bits per heavy atom. The Morgan fingerprint density at radius 2 is 2.17 bits per heavy atom. The zero-order valence-electron chi connectivity index (χ0n) is 10.1. The lowest BCUT2D eigenvalue weighted by molar-refractivity contribution is 0.0744. The van der Waals surface area contributed by atoms with Gasteiger partial charge in [0.2, 0.25) is 0 Å². The fraction of sp³-hybridized carbons (Fsp3) is 0.462. The van der Waals surface area contributed by atoms with Crippen LogP contribution in [0.3, 0.4) is 0 Å². The Labute approximate surface area is 116 Å². The second-order valence-electron chi connectivity index (χ2n) is 4.78. The highest BCUT2D eigenvalue weighted by Gasteiger charge is 2.29. The standard InChI is InChI=1S/C13H15Cl2NO2/c1-16(7-8-4-10(15)5-8)13(18)11-3-2-9(14)6-12(11)17/h2-3,6,8,10,17H,4-5,7H2,1H3. The molecule has 5 heteroatoms. The molecule has 1 aliphatic carbocycles. The Morgan fingerprint density at radius 1 is 1.50 bits per heavy atom. The van der Waals surface area contributed by atoms with Crippen LogP contribution in [0.4, 0.5) is 0 Å². The third kappa shape index (κ3) is 2.90. The van der Waals surface area contributed by atoms with Crippen LogP contribution in [0.5, 0.6) is 5.75 Å². The van der Waals surface area contributed by atoms with Gasteiger partial charge in [-0.3, -0.25) is 4.79 Å². The highest BCUT2D eigenvalue weighted by atomic mass is 35.5. The molecule has 1 aromatic carbocycles. The molecule has 2 rings (SSSR count). The van der Waals surface area contributed by atoms with E-state index in [9.17, 15) is 9.90 Å². The maximum absolute atomic E-state index is 12.1. The number of hydrogen-bond donors (Lipinski definition) is 1. The van der Waals surface area contributed by atoms with Gasteiger partial charge in [0.15, 0.2) is 0 Å². The van der Waals surface area contributed by atoms with Gasteiger partial charge >= 0.3 is 0 Å². The predicted octanol–water partition coefficient (Wildman–Crippen LogP) is 3.14. The Kier molecular flexibility index (Phi) is 4.03. The summed E-state index contributed by atoms with van der Waals surface area (Å²) in [7, 11) is 1.73. The van der Waals surface area contributed by atoms with Crippen molar-refractivity contribution in [1.82, 2.24) is 4.90 Å². The lowest BCUT2D eigenvalue weighted by atomic mass is 9.84. The van der Waals surface area contributed by atoms with Gasteiger partial charge in [-0.05, 0) is 37.0 Å². The third-order valence-corrected chi connectivity index (χ3v) is 3.84. The van der Waals surface area contributed by atoms with Crippen molar-refractivity contribution in [2.45, 2.75) is 18.2 Å². The SMILES string of the molecule is CN(CC1CC(Cl)C1)C(=O)c1ccc(Cl)cc1O. The molecule has 1 N–H and O–H groups in total. The molecule has 0 atom stereocenters. The number of phenolic OH excluding ortho intramolecular Hbond substituents is 1. The largest absolute Gasteiger partial charge is 0.507 e. The number of carbonyl (C=O) groups excluding carboxylic acids is 1. The van der Waals surface area contributed by atoms with Crippen LogP contribution < -0.4 is 0 Å². The van der Waals surface area contributed by atoms with Gasteiger partial charge in [0, 0.05) is 24.0 Å². The monoisotopic (exact) mass is 287 g/mol. The van der Waals surface area contributed by atoms with Crippen molar-refractivity contribution in [2.24, 2.45) is 5.92 Å². The summed E-state index contributed by atoms with van der Waals surface area (Å²) >= 11 is 11.6. The minimum absolute atomic E-state index is 0.0804. The minimum atomic E-state index is -0.192. The van der Waals surface area contributed by atoms with Crippen molar-refractivity contribution >= 4 is 29.1 Å². The first-order chi connectivity index (χ1) is 8.47. The van der Waals surface area contributed by atoms with E-state index in [-0.39, 0.29) is 22.6 Å². The average molecular weight is 288 g/mol. The van der Waals surface area contributed by atoms with Crippen LogP contribution in [-0.2, 0) is 0 Å². The highest BCUT2D eigenvalue weighted by molar-refractivity contribution is 6.30. The molecule has 0 saturated heterocycles. The fourth-order valence-electron chi connectivity index (χ4n) is 2.16. The van der Waals surface area contributed by atoms with E-state index in [4.69, 9.17) is 23.2 Å². The summed E-state index contributed by atoms with van der Waals surface area (Å²) in [6.07, 6.45) is 1.90. The second-order valence-corrected chi connectivity index (χ2v) is 5.84. The molecule has 1 saturated carbocycles. The van der Waals surface area contributed by atoms with E-state index in [1.807, 2.05) is 0 Å². The first-order valence-electron chi connectivity index (χ1n) is 5.85. The molecule has 1 fully saturated rings. The smallest absolute Gasteiger partial charge is 0.257 e. The van der Waals surface area contributed by atoms with Crippen LogP contribution in [-0.4, -0.2) is 34.9 Å². The number of aromatic hydroxyl groups is 1. The number of halogens is 2. The van der Waals surface area contributed by atoms with Gasteiger partial charge in [-0.1, -0.05) is 11.6 Å². The fourth-order valence-corrected chi connectivity index (χ4v) is 2.84. The van der Waals surface area contributed by atoms with Gasteiger partial charge < -0.3 is 10.0 Å². The molecule has 0 aliphatic heterocycles. The van der Waals surface area contributed by atoms with E-state index in [1.54, 1.807) is 24.1 Å². The lowest BCUT2D eigenvalue weighted by Gasteiger charge is -2.34. The molecular weight excluding hydrogens is 273 g/mol. The highest BCUT2D eigenvalue weighted by Crippen LogP contribution is 2.32. The third-order valence-electron chi connectivity index (χ3n) is 3.25. The molecule has 1 aliphatic rings. The number of rotatable bonds is 3. The van der Waals surface area contributed by atoms with Crippen LogP contribution in [0.1, 0.15) is 23.2 Å². The normalized spacial score (nSPS) is 22.4. The van der Waals surface area contributed by atoms with Crippen molar-refractivity contribution in [3.05, 3.63) is 28.8 Å². The summed E-state index contributed by atoms with van der Waals surface area (Å²) in [5.41, 5.74) is 0.281. The maximum Gasteiger partial charge on any atom is 0.257 e. The van der Waals surface area contributed by atoms with Gasteiger partial charge in [0.25, 0.3) is 5.91 Å². The van der Waals surface area contributed by atoms with Crippen molar-refractivity contribution in [2.75, 3.05) is 13.6 Å². The van der Waals surface area contributed by atoms with E-state index in [0.29, 0.717) is 17.5 Å². The molecule has 0 spiro atoms. The van der Waals surface area contributed by atoms with Crippen molar-refractivity contribution in [1.29, 1.82) is 0 Å². The van der Waals surface area contributed by atoms with Crippen molar-refractivity contribution in [3.8, 4) is 5.75 Å². The number of amides is 1. The van der Waals surface area contributed by atoms with E-state index in [0.717, 1.165) is 12.8 Å². The molecule has 1 aromatic rings. The van der Waals surface area contributed by atoms with Crippen LogP contribution in [0.25, 0.3) is 0 Å². The molecule has 0 radical (unpaired) electrons. The molecule has 3 nitrogen and oxygen atoms in total. The maximum atomic E-state index is 12.1. The molecule has 0 bridgehead atoms. The molecular formula is C13H15Cl2NO2. The van der Waals surface area contributed by atoms with Crippen LogP contribution in [0, 0.1) is 5.92 Å². The van der Waals surface area contributed by atoms with E-state index < -0.39 is 0 Å². The van der Waals surface area contributed by atoms with Crippen molar-refractivity contribution in [3.63, 3.8) is 0 Å². The molecule has 18 heavy (non-hydrogen) atoms. The van der Waals surface area contributed by atoms with Crippen LogP contribution >= 0.6 is 23.2 Å². The quantitative estimate of drug-likeness (QED) is 0.868. The zero-order valence-corrected chi connectivity index (χ0v) is 11.6. The summed E-state index contributed by atoms with van der Waals surface area (Å²) < 4.78 is 0. The molecule has 98 valence electrons. The first kappa shape index (κ1) is 13.5. The number of alkyl halides is 1. The van der Waals surface area contributed by atoms with Gasteiger partial charge in [-0.25, -0.2) is 0 Å². The van der Waals surface area contributed by atoms with Crippen molar-refractivity contribution < 1.29 is 9.90 Å². The Hall–Kier alpha value is -0.930. The number of hydrogen-bond acceptors (Lipinski definition) is 2.